The van der Waals surface area contributed by atoms with Gasteiger partial charge in [0.1, 0.15) is 24.7 Å². The van der Waals surface area contributed by atoms with Gasteiger partial charge in [-0.25, -0.2) is 0 Å². The van der Waals surface area contributed by atoms with Crippen molar-refractivity contribution < 1.29 is 33.6 Å². The predicted molar refractivity (Wildman–Crippen MR) is 136 cm³/mol. The number of Topliss-reactive ketones (excluding diaryl/α,β-unsaturated/α-hetero) is 1. The van der Waals surface area contributed by atoms with E-state index in [9.17, 15) is 14.7 Å². The molecule has 2 fully saturated rings. The van der Waals surface area contributed by atoms with Gasteiger partial charge in [-0.15, -0.1) is 0 Å². The van der Waals surface area contributed by atoms with Crippen LogP contribution in [0.15, 0.2) is 48.0 Å². The van der Waals surface area contributed by atoms with Crippen molar-refractivity contribution in [3.63, 3.8) is 0 Å². The molecule has 0 bridgehead atoms. The number of benzene rings is 2. The highest BCUT2D eigenvalue weighted by Gasteiger charge is 2.46. The lowest BCUT2D eigenvalue weighted by Crippen LogP contribution is -2.42. The molecule has 0 spiro atoms. The van der Waals surface area contributed by atoms with Crippen molar-refractivity contribution in [2.45, 2.75) is 19.4 Å². The molecule has 1 N–H and O–H groups in total. The van der Waals surface area contributed by atoms with E-state index in [0.717, 1.165) is 19.5 Å². The highest BCUT2D eigenvalue weighted by atomic mass is 16.6. The number of carbonyl (C=O) groups excluding carboxylic acids is 2. The molecule has 0 saturated carbocycles. The summed E-state index contributed by atoms with van der Waals surface area (Å²) in [4.78, 5) is 30.5. The zero-order valence-corrected chi connectivity index (χ0v) is 21.0. The second-order valence-electron chi connectivity index (χ2n) is 9.23. The van der Waals surface area contributed by atoms with Crippen molar-refractivity contribution in [2.75, 3.05) is 59.2 Å². The summed E-state index contributed by atoms with van der Waals surface area (Å²) < 4.78 is 22.5. The summed E-state index contributed by atoms with van der Waals surface area (Å²) in [5.74, 6) is 0.137. The molecule has 1 amide bonds. The second-order valence-corrected chi connectivity index (χ2v) is 9.23. The monoisotopic (exact) mass is 508 g/mol. The van der Waals surface area contributed by atoms with Crippen molar-refractivity contribution >= 4 is 17.4 Å². The molecule has 0 unspecified atom stereocenters. The molecular formula is C28H32N2O7. The standard InChI is InChI=1S/C28H32N2O7/c1-2-12-35-21-5-3-4-19(17-21)25-24(26(31)20-6-7-22-23(18-20)37-16-15-36-22)27(32)28(33)30(25)9-8-29-10-13-34-14-11-29/h3-7,17-18,25,31H,2,8-16H2,1H3/t25-/m0/s1. The third-order valence-electron chi connectivity index (χ3n) is 6.76. The Labute approximate surface area is 216 Å². The average molecular weight is 509 g/mol. The first-order valence-corrected chi connectivity index (χ1v) is 12.8. The molecule has 37 heavy (non-hydrogen) atoms. The summed E-state index contributed by atoms with van der Waals surface area (Å²) >= 11 is 0. The van der Waals surface area contributed by atoms with E-state index < -0.39 is 17.7 Å². The second kappa shape index (κ2) is 11.2. The highest BCUT2D eigenvalue weighted by Crippen LogP contribution is 2.41. The number of nitrogens with zero attached hydrogens (tertiary/aromatic N) is 2. The van der Waals surface area contributed by atoms with Crippen LogP contribution >= 0.6 is 0 Å². The molecule has 0 radical (unpaired) electrons. The SMILES string of the molecule is CCCOc1cccc([C@H]2C(=C(O)c3ccc4c(c3)OCCO4)C(=O)C(=O)N2CCN2CCOCC2)c1. The largest absolute Gasteiger partial charge is 0.507 e. The van der Waals surface area contributed by atoms with E-state index in [2.05, 4.69) is 4.90 Å². The highest BCUT2D eigenvalue weighted by molar-refractivity contribution is 6.46. The van der Waals surface area contributed by atoms with Gasteiger partial charge in [-0.05, 0) is 42.3 Å². The summed E-state index contributed by atoms with van der Waals surface area (Å²) in [5, 5.41) is 11.4. The lowest BCUT2D eigenvalue weighted by Gasteiger charge is -2.31. The first-order chi connectivity index (χ1) is 18.1. The fourth-order valence-corrected chi connectivity index (χ4v) is 4.87. The van der Waals surface area contributed by atoms with Crippen molar-refractivity contribution in [3.05, 3.63) is 59.2 Å². The molecule has 3 aliphatic rings. The van der Waals surface area contributed by atoms with Gasteiger partial charge in [0.05, 0.1) is 31.4 Å². The molecule has 2 aromatic rings. The molecule has 2 aromatic carbocycles. The third-order valence-corrected chi connectivity index (χ3v) is 6.76. The van der Waals surface area contributed by atoms with Crippen LogP contribution in [0.1, 0.15) is 30.5 Å². The van der Waals surface area contributed by atoms with Crippen LogP contribution in [0.4, 0.5) is 0 Å². The van der Waals surface area contributed by atoms with E-state index in [0.29, 0.717) is 74.5 Å². The molecule has 0 aliphatic carbocycles. The van der Waals surface area contributed by atoms with Gasteiger partial charge in [0.25, 0.3) is 11.7 Å². The average Bonchev–Trinajstić information content (AvgIpc) is 3.20. The first kappa shape index (κ1) is 25.1. The van der Waals surface area contributed by atoms with Crippen molar-refractivity contribution in [3.8, 4) is 17.2 Å². The lowest BCUT2D eigenvalue weighted by molar-refractivity contribution is -0.140. The van der Waals surface area contributed by atoms with E-state index in [1.54, 1.807) is 23.1 Å². The Morgan fingerprint density at radius 2 is 1.78 bits per heavy atom. The summed E-state index contributed by atoms with van der Waals surface area (Å²) in [7, 11) is 0. The number of carbonyl (C=O) groups is 2. The minimum atomic E-state index is -0.751. The van der Waals surface area contributed by atoms with Crippen LogP contribution in [0.2, 0.25) is 0 Å². The van der Waals surface area contributed by atoms with Gasteiger partial charge in [0.2, 0.25) is 0 Å². The zero-order valence-electron chi connectivity index (χ0n) is 21.0. The normalized spacial score (nSPS) is 21.3. The maximum absolute atomic E-state index is 13.4. The maximum atomic E-state index is 13.4. The van der Waals surface area contributed by atoms with Crippen LogP contribution in [0.25, 0.3) is 5.76 Å². The van der Waals surface area contributed by atoms with Crippen molar-refractivity contribution in [1.29, 1.82) is 0 Å². The third kappa shape index (κ3) is 5.28. The molecule has 3 heterocycles. The van der Waals surface area contributed by atoms with E-state index in [-0.39, 0.29) is 11.3 Å². The molecule has 9 nitrogen and oxygen atoms in total. The number of ketones is 1. The summed E-state index contributed by atoms with van der Waals surface area (Å²) in [6.45, 7) is 7.19. The number of aliphatic hydroxyl groups excluding tert-OH is 1. The topological polar surface area (TPSA) is 97.8 Å². The molecule has 3 aliphatic heterocycles. The Balaban J connectivity index is 1.53. The van der Waals surface area contributed by atoms with E-state index in [4.69, 9.17) is 18.9 Å². The Hall–Kier alpha value is -3.56. The molecule has 5 rings (SSSR count). The van der Waals surface area contributed by atoms with Crippen LogP contribution in [0, 0.1) is 0 Å². The number of amides is 1. The number of hydrogen-bond donors (Lipinski definition) is 1. The molecular weight excluding hydrogens is 476 g/mol. The van der Waals surface area contributed by atoms with Crippen molar-refractivity contribution in [2.24, 2.45) is 0 Å². The summed E-state index contributed by atoms with van der Waals surface area (Å²) in [5.41, 5.74) is 1.14. The van der Waals surface area contributed by atoms with Gasteiger partial charge < -0.3 is 29.0 Å². The van der Waals surface area contributed by atoms with Crippen LogP contribution in [0.5, 0.6) is 17.2 Å². The number of hydrogen-bond acceptors (Lipinski definition) is 8. The smallest absolute Gasteiger partial charge is 0.295 e. The minimum absolute atomic E-state index is 0.0521. The summed E-state index contributed by atoms with van der Waals surface area (Å²) in [6, 6.07) is 11.6. The fourth-order valence-electron chi connectivity index (χ4n) is 4.87. The van der Waals surface area contributed by atoms with Crippen molar-refractivity contribution in [1.82, 2.24) is 9.80 Å². The van der Waals surface area contributed by atoms with Gasteiger partial charge in [0, 0.05) is 31.7 Å². The van der Waals surface area contributed by atoms with E-state index in [1.165, 1.54) is 0 Å². The van der Waals surface area contributed by atoms with Gasteiger partial charge in [-0.2, -0.15) is 0 Å². The Morgan fingerprint density at radius 3 is 2.57 bits per heavy atom. The van der Waals surface area contributed by atoms with Gasteiger partial charge in [0.15, 0.2) is 11.5 Å². The fraction of sp³-hybridized carbons (Fsp3) is 0.429. The van der Waals surface area contributed by atoms with Gasteiger partial charge >= 0.3 is 0 Å². The number of rotatable bonds is 8. The first-order valence-electron chi connectivity index (χ1n) is 12.8. The maximum Gasteiger partial charge on any atom is 0.295 e. The predicted octanol–water partition coefficient (Wildman–Crippen LogP) is 3.00. The number of ether oxygens (including phenoxy) is 4. The molecule has 0 aromatic heterocycles. The Bertz CT molecular complexity index is 1190. The van der Waals surface area contributed by atoms with Gasteiger partial charge in [-0.3, -0.25) is 14.5 Å². The minimum Gasteiger partial charge on any atom is -0.507 e. The lowest BCUT2D eigenvalue weighted by atomic mass is 9.95. The molecule has 1 atom stereocenters. The van der Waals surface area contributed by atoms with Crippen LogP contribution in [0.3, 0.4) is 0 Å². The number of morpholine rings is 1. The molecule has 196 valence electrons. The Morgan fingerprint density at radius 1 is 1.00 bits per heavy atom. The Kier molecular flexibility index (Phi) is 7.62. The quantitative estimate of drug-likeness (QED) is 0.330. The number of fused-ring (bicyclic) bond motifs is 1. The number of aliphatic hydroxyl groups is 1. The number of likely N-dealkylation sites (tertiary alicyclic amines) is 1. The summed E-state index contributed by atoms with van der Waals surface area (Å²) in [6.07, 6.45) is 0.854. The zero-order chi connectivity index (χ0) is 25.8. The van der Waals surface area contributed by atoms with Crippen LogP contribution < -0.4 is 14.2 Å². The van der Waals surface area contributed by atoms with E-state index >= 15 is 0 Å². The van der Waals surface area contributed by atoms with Crippen LogP contribution in [-0.4, -0.2) is 85.8 Å². The molecule has 2 saturated heterocycles. The van der Waals surface area contributed by atoms with E-state index in [1.807, 2.05) is 31.2 Å². The van der Waals surface area contributed by atoms with Crippen LogP contribution in [-0.2, 0) is 14.3 Å². The van der Waals surface area contributed by atoms with Gasteiger partial charge in [-0.1, -0.05) is 19.1 Å². The molecule has 9 heteroatoms.